The number of amides is 3. The van der Waals surface area contributed by atoms with Crippen molar-refractivity contribution in [2.45, 2.75) is 44.4 Å². The lowest BCUT2D eigenvalue weighted by Crippen LogP contribution is -2.45. The first-order chi connectivity index (χ1) is 16.9. The summed E-state index contributed by atoms with van der Waals surface area (Å²) in [4.78, 5) is 42.2. The number of aromatic nitrogens is 2. The van der Waals surface area contributed by atoms with Crippen LogP contribution < -0.4 is 15.5 Å². The number of nitrogens with two attached hydrogens (primary N) is 1. The summed E-state index contributed by atoms with van der Waals surface area (Å²) in [6, 6.07) is 15.3. The first-order valence-corrected chi connectivity index (χ1v) is 12.1. The first kappa shape index (κ1) is 21.6. The van der Waals surface area contributed by atoms with Crippen LogP contribution in [0.15, 0.2) is 48.5 Å². The summed E-state index contributed by atoms with van der Waals surface area (Å²) in [5.41, 5.74) is 10.0. The summed E-state index contributed by atoms with van der Waals surface area (Å²) in [6.07, 6.45) is 4.23. The van der Waals surface area contributed by atoms with E-state index in [-0.39, 0.29) is 22.9 Å². The largest absolute Gasteiger partial charge is 0.364 e. The number of hydrogen-bond acceptors (Lipinski definition) is 4. The normalized spacial score (nSPS) is 18.7. The highest BCUT2D eigenvalue weighted by atomic mass is 16.2. The van der Waals surface area contributed by atoms with Crippen molar-refractivity contribution in [3.05, 3.63) is 71.0 Å². The summed E-state index contributed by atoms with van der Waals surface area (Å²) in [7, 11) is 0. The van der Waals surface area contributed by atoms with Gasteiger partial charge in [0, 0.05) is 41.9 Å². The van der Waals surface area contributed by atoms with E-state index in [0.29, 0.717) is 24.2 Å². The number of carbonyl (C=O) groups is 3. The number of hydrogen-bond donors (Lipinski definition) is 1. The monoisotopic (exact) mass is 469 g/mol. The number of carbonyl (C=O) groups excluding carboxylic acids is 3. The zero-order chi connectivity index (χ0) is 24.3. The highest BCUT2D eigenvalue weighted by Crippen LogP contribution is 2.54. The Morgan fingerprint density at radius 1 is 0.971 bits per heavy atom. The Bertz CT molecular complexity index is 1370. The van der Waals surface area contributed by atoms with Crippen LogP contribution in [0.2, 0.25) is 0 Å². The molecule has 35 heavy (non-hydrogen) atoms. The van der Waals surface area contributed by atoms with E-state index in [4.69, 9.17) is 5.73 Å². The lowest BCUT2D eigenvalue weighted by atomic mass is 9.88. The Balaban J connectivity index is 1.43. The molecule has 3 aromatic rings. The van der Waals surface area contributed by atoms with Crippen molar-refractivity contribution in [2.24, 2.45) is 5.73 Å². The highest BCUT2D eigenvalue weighted by molar-refractivity contribution is 6.10. The van der Waals surface area contributed by atoms with Gasteiger partial charge >= 0.3 is 0 Å². The van der Waals surface area contributed by atoms with E-state index in [1.54, 1.807) is 9.58 Å². The van der Waals surface area contributed by atoms with Crippen molar-refractivity contribution in [1.82, 2.24) is 9.78 Å². The molecule has 0 bridgehead atoms. The Kier molecular flexibility index (Phi) is 4.81. The summed E-state index contributed by atoms with van der Waals surface area (Å²) < 4.78 is 1.58. The molecule has 3 aliphatic rings. The van der Waals surface area contributed by atoms with Crippen LogP contribution in [0, 0.1) is 6.92 Å². The third-order valence-electron chi connectivity index (χ3n) is 7.45. The van der Waals surface area contributed by atoms with Crippen molar-refractivity contribution in [3.8, 4) is 5.69 Å². The molecule has 0 radical (unpaired) electrons. The molecule has 8 nitrogen and oxygen atoms in total. The first-order valence-electron chi connectivity index (χ1n) is 12.1. The molecular weight excluding hydrogens is 442 g/mol. The van der Waals surface area contributed by atoms with Crippen molar-refractivity contribution in [3.63, 3.8) is 0 Å². The van der Waals surface area contributed by atoms with Crippen molar-refractivity contribution in [2.75, 3.05) is 22.9 Å². The molecule has 0 unspecified atom stereocenters. The van der Waals surface area contributed by atoms with Crippen LogP contribution in [0.5, 0.6) is 0 Å². The van der Waals surface area contributed by atoms with Crippen LogP contribution in [0.4, 0.5) is 11.4 Å². The Morgan fingerprint density at radius 3 is 2.31 bits per heavy atom. The zero-order valence-electron chi connectivity index (χ0n) is 19.7. The number of nitrogens with zero attached hydrogens (tertiary/aromatic N) is 4. The summed E-state index contributed by atoms with van der Waals surface area (Å²) >= 11 is 0. The van der Waals surface area contributed by atoms with Gasteiger partial charge in [0.15, 0.2) is 5.69 Å². The summed E-state index contributed by atoms with van der Waals surface area (Å²) in [5.74, 6) is -0.683. The van der Waals surface area contributed by atoms with E-state index in [0.717, 1.165) is 54.9 Å². The van der Waals surface area contributed by atoms with Crippen LogP contribution >= 0.6 is 0 Å². The SMILES string of the molecule is Cc1cccc(-n2nc(C(N)=O)c3c2C(=O)N(c2ccc(N4CCCCC4=O)cc2)CC32CC2)c1. The van der Waals surface area contributed by atoms with E-state index in [2.05, 4.69) is 5.10 Å². The molecule has 1 aromatic heterocycles. The molecule has 8 heteroatoms. The van der Waals surface area contributed by atoms with E-state index in [1.165, 1.54) is 0 Å². The maximum absolute atomic E-state index is 13.9. The van der Waals surface area contributed by atoms with Gasteiger partial charge in [-0.3, -0.25) is 14.4 Å². The second kappa shape index (κ2) is 7.80. The average molecular weight is 470 g/mol. The molecule has 2 fully saturated rings. The lowest BCUT2D eigenvalue weighted by Gasteiger charge is -2.34. The highest BCUT2D eigenvalue weighted by Gasteiger charge is 2.56. The van der Waals surface area contributed by atoms with Gasteiger partial charge in [-0.2, -0.15) is 5.10 Å². The van der Waals surface area contributed by atoms with Crippen LogP contribution in [0.25, 0.3) is 5.69 Å². The molecule has 2 aromatic carbocycles. The van der Waals surface area contributed by atoms with Crippen LogP contribution in [0.1, 0.15) is 64.2 Å². The number of fused-ring (bicyclic) bond motifs is 2. The minimum Gasteiger partial charge on any atom is -0.364 e. The number of rotatable bonds is 4. The maximum Gasteiger partial charge on any atom is 0.277 e. The van der Waals surface area contributed by atoms with Crippen molar-refractivity contribution < 1.29 is 14.4 Å². The van der Waals surface area contributed by atoms with Crippen molar-refractivity contribution in [1.29, 1.82) is 0 Å². The molecule has 3 heterocycles. The van der Waals surface area contributed by atoms with Gasteiger partial charge < -0.3 is 15.5 Å². The third kappa shape index (κ3) is 3.43. The van der Waals surface area contributed by atoms with E-state index < -0.39 is 5.91 Å². The van der Waals surface area contributed by atoms with Gasteiger partial charge in [-0.25, -0.2) is 4.68 Å². The molecule has 178 valence electrons. The third-order valence-corrected chi connectivity index (χ3v) is 7.45. The van der Waals surface area contributed by atoms with Crippen LogP contribution in [-0.2, 0) is 10.2 Å². The number of primary amides is 1. The number of anilines is 2. The van der Waals surface area contributed by atoms with Gasteiger partial charge in [-0.05, 0) is 74.6 Å². The predicted octanol–water partition coefficient (Wildman–Crippen LogP) is 3.49. The molecule has 1 spiro atoms. The Morgan fingerprint density at radius 2 is 1.69 bits per heavy atom. The lowest BCUT2D eigenvalue weighted by molar-refractivity contribution is -0.119. The number of piperidine rings is 1. The molecule has 2 aliphatic heterocycles. The van der Waals surface area contributed by atoms with Gasteiger partial charge in [-0.1, -0.05) is 12.1 Å². The quantitative estimate of drug-likeness (QED) is 0.632. The summed E-state index contributed by atoms with van der Waals surface area (Å²) in [6.45, 7) is 3.17. The second-order valence-electron chi connectivity index (χ2n) is 9.88. The van der Waals surface area contributed by atoms with Gasteiger partial charge in [0.25, 0.3) is 11.8 Å². The van der Waals surface area contributed by atoms with E-state index >= 15 is 0 Å². The number of benzene rings is 2. The van der Waals surface area contributed by atoms with Crippen molar-refractivity contribution >= 4 is 29.1 Å². The zero-order valence-corrected chi connectivity index (χ0v) is 19.7. The topological polar surface area (TPSA) is 102 Å². The predicted molar refractivity (Wildman–Crippen MR) is 132 cm³/mol. The smallest absolute Gasteiger partial charge is 0.277 e. The fourth-order valence-corrected chi connectivity index (χ4v) is 5.48. The van der Waals surface area contributed by atoms with Crippen LogP contribution in [-0.4, -0.2) is 40.6 Å². The van der Waals surface area contributed by atoms with Gasteiger partial charge in [0.2, 0.25) is 5.91 Å². The molecule has 6 rings (SSSR count). The fraction of sp³-hybridized carbons (Fsp3) is 0.333. The van der Waals surface area contributed by atoms with E-state index in [1.807, 2.05) is 60.4 Å². The molecule has 1 saturated heterocycles. The number of aryl methyl sites for hydroxylation is 1. The fourth-order valence-electron chi connectivity index (χ4n) is 5.48. The molecular formula is C27H27N5O3. The van der Waals surface area contributed by atoms with E-state index in [9.17, 15) is 14.4 Å². The minimum absolute atomic E-state index is 0.140. The minimum atomic E-state index is -0.615. The average Bonchev–Trinajstić information content (AvgIpc) is 3.49. The summed E-state index contributed by atoms with van der Waals surface area (Å²) in [5, 5.41) is 4.55. The van der Waals surface area contributed by atoms with Crippen LogP contribution in [0.3, 0.4) is 0 Å². The maximum atomic E-state index is 13.9. The van der Waals surface area contributed by atoms with Gasteiger partial charge in [0.05, 0.1) is 5.69 Å². The van der Waals surface area contributed by atoms with Gasteiger partial charge in [0.1, 0.15) is 5.69 Å². The molecule has 1 aliphatic carbocycles. The standard InChI is InChI=1S/C27H27N5O3/c1-17-5-4-6-20(15-17)32-24-22(23(29-32)25(28)34)27(12-13-27)16-31(26(24)35)19-10-8-18(9-11-19)30-14-3-2-7-21(30)33/h4-6,8-11,15H,2-3,7,12-14,16H2,1H3,(H2,28,34). The molecule has 2 N–H and O–H groups in total. The Labute approximate surface area is 203 Å². The van der Waals surface area contributed by atoms with Gasteiger partial charge in [-0.15, -0.1) is 0 Å². The molecule has 0 atom stereocenters. The Hall–Kier alpha value is -3.94. The molecule has 3 amide bonds. The second-order valence-corrected chi connectivity index (χ2v) is 9.88. The molecule has 1 saturated carbocycles.